The monoisotopic (exact) mass is 185 g/mol. The summed E-state index contributed by atoms with van der Waals surface area (Å²) in [5, 5.41) is 0. The van der Waals surface area contributed by atoms with Crippen LogP contribution in [0.15, 0.2) is 52.7 Å². The fourth-order valence-corrected chi connectivity index (χ4v) is 1.84. The number of aliphatic imine (C=N–C) groups is 1. The highest BCUT2D eigenvalue weighted by molar-refractivity contribution is 5.82. The molecule has 0 aromatic rings. The van der Waals surface area contributed by atoms with Gasteiger partial charge in [-0.25, -0.2) is 0 Å². The van der Waals surface area contributed by atoms with Crippen LogP contribution in [0.5, 0.6) is 0 Å². The van der Waals surface area contributed by atoms with E-state index in [0.29, 0.717) is 0 Å². The van der Waals surface area contributed by atoms with Gasteiger partial charge in [0.15, 0.2) is 0 Å². The summed E-state index contributed by atoms with van der Waals surface area (Å²) in [6.07, 6.45) is 15.0. The maximum Gasteiger partial charge on any atom is 0.0587 e. The quantitative estimate of drug-likeness (QED) is 0.554. The zero-order valence-corrected chi connectivity index (χ0v) is 8.37. The first-order valence-electron chi connectivity index (χ1n) is 5.12. The van der Waals surface area contributed by atoms with Gasteiger partial charge in [-0.1, -0.05) is 30.4 Å². The van der Waals surface area contributed by atoms with Crippen molar-refractivity contribution < 1.29 is 0 Å². The zero-order chi connectivity index (χ0) is 9.80. The fraction of sp³-hybridized carbons (Fsp3) is 0.308. The van der Waals surface area contributed by atoms with Crippen molar-refractivity contribution in [3.63, 3.8) is 0 Å². The second-order valence-electron chi connectivity index (χ2n) is 3.64. The van der Waals surface area contributed by atoms with Crippen LogP contribution in [0.1, 0.15) is 25.7 Å². The highest BCUT2D eigenvalue weighted by Crippen LogP contribution is 2.24. The summed E-state index contributed by atoms with van der Waals surface area (Å²) in [6.45, 7) is 3.71. The minimum absolute atomic E-state index is 1.00. The van der Waals surface area contributed by atoms with Crippen molar-refractivity contribution >= 4 is 6.21 Å². The third-order valence-corrected chi connectivity index (χ3v) is 2.71. The van der Waals surface area contributed by atoms with E-state index in [1.165, 1.54) is 18.4 Å². The highest BCUT2D eigenvalue weighted by Gasteiger charge is 2.08. The van der Waals surface area contributed by atoms with Gasteiger partial charge in [0, 0.05) is 6.21 Å². The molecule has 1 heterocycles. The lowest BCUT2D eigenvalue weighted by atomic mass is 9.93. The molecule has 1 aliphatic heterocycles. The normalized spacial score (nSPS) is 26.1. The molecule has 0 bridgehead atoms. The maximum atomic E-state index is 4.34. The molecule has 1 aliphatic carbocycles. The Morgan fingerprint density at radius 1 is 1.29 bits per heavy atom. The van der Waals surface area contributed by atoms with E-state index in [9.17, 15) is 0 Å². The van der Waals surface area contributed by atoms with Crippen molar-refractivity contribution in [2.45, 2.75) is 25.7 Å². The predicted octanol–water partition coefficient (Wildman–Crippen LogP) is 3.57. The first-order valence-corrected chi connectivity index (χ1v) is 5.12. The van der Waals surface area contributed by atoms with Crippen molar-refractivity contribution in [3.05, 3.63) is 47.7 Å². The van der Waals surface area contributed by atoms with Crippen LogP contribution in [0.25, 0.3) is 0 Å². The Morgan fingerprint density at radius 2 is 2.21 bits per heavy atom. The number of hydrogen-bond acceptors (Lipinski definition) is 1. The lowest BCUT2D eigenvalue weighted by molar-refractivity contribution is 0.882. The molecule has 0 saturated carbocycles. The van der Waals surface area contributed by atoms with Crippen LogP contribution >= 0.6 is 0 Å². The lowest BCUT2D eigenvalue weighted by Crippen LogP contribution is -1.99. The lowest BCUT2D eigenvalue weighted by Gasteiger charge is -2.14. The third-order valence-electron chi connectivity index (χ3n) is 2.71. The molecule has 0 unspecified atom stereocenters. The third kappa shape index (κ3) is 1.92. The molecule has 0 saturated heterocycles. The van der Waals surface area contributed by atoms with Gasteiger partial charge in [0.25, 0.3) is 0 Å². The summed E-state index contributed by atoms with van der Waals surface area (Å²) >= 11 is 0. The van der Waals surface area contributed by atoms with Gasteiger partial charge in [-0.2, -0.15) is 0 Å². The highest BCUT2D eigenvalue weighted by atomic mass is 14.7. The van der Waals surface area contributed by atoms with Crippen LogP contribution in [-0.4, -0.2) is 6.21 Å². The van der Waals surface area contributed by atoms with Gasteiger partial charge in [-0.15, -0.1) is 0 Å². The largest absolute Gasteiger partial charge is 0.257 e. The summed E-state index contributed by atoms with van der Waals surface area (Å²) in [7, 11) is 0. The Kier molecular flexibility index (Phi) is 2.78. The molecule has 72 valence electrons. The van der Waals surface area contributed by atoms with Gasteiger partial charge in [0.1, 0.15) is 0 Å². The Labute approximate surface area is 85.2 Å². The van der Waals surface area contributed by atoms with E-state index in [4.69, 9.17) is 0 Å². The van der Waals surface area contributed by atoms with Gasteiger partial charge in [0.2, 0.25) is 0 Å². The van der Waals surface area contributed by atoms with Crippen LogP contribution in [0.3, 0.4) is 0 Å². The van der Waals surface area contributed by atoms with E-state index in [1.807, 2.05) is 6.21 Å². The van der Waals surface area contributed by atoms with Gasteiger partial charge < -0.3 is 0 Å². The minimum atomic E-state index is 1.00. The summed E-state index contributed by atoms with van der Waals surface area (Å²) in [5.41, 5.74) is 3.95. The SMILES string of the molecule is C=CC1=CC/C(=C2/CC=CCC2)C=N1. The molecule has 0 fully saturated rings. The van der Waals surface area contributed by atoms with Crippen LogP contribution in [0.4, 0.5) is 0 Å². The second-order valence-corrected chi connectivity index (χ2v) is 3.64. The maximum absolute atomic E-state index is 4.34. The number of nitrogens with zero attached hydrogens (tertiary/aromatic N) is 1. The van der Waals surface area contributed by atoms with E-state index in [-0.39, 0.29) is 0 Å². The minimum Gasteiger partial charge on any atom is -0.257 e. The molecule has 1 nitrogen and oxygen atoms in total. The van der Waals surface area contributed by atoms with Gasteiger partial charge in [0.05, 0.1) is 5.70 Å². The molecule has 0 radical (unpaired) electrons. The molecule has 0 aromatic carbocycles. The molecule has 2 aliphatic rings. The first kappa shape index (κ1) is 9.20. The van der Waals surface area contributed by atoms with E-state index in [0.717, 1.165) is 18.5 Å². The van der Waals surface area contributed by atoms with Gasteiger partial charge in [-0.3, -0.25) is 4.99 Å². The van der Waals surface area contributed by atoms with Gasteiger partial charge in [-0.05, 0) is 37.3 Å². The Balaban J connectivity index is 2.15. The van der Waals surface area contributed by atoms with E-state index < -0.39 is 0 Å². The smallest absolute Gasteiger partial charge is 0.0587 e. The summed E-state index contributed by atoms with van der Waals surface area (Å²) in [6, 6.07) is 0. The number of rotatable bonds is 1. The van der Waals surface area contributed by atoms with E-state index in [1.54, 1.807) is 11.6 Å². The standard InChI is InChI=1S/C13H15N/c1-2-13-9-8-12(10-14-13)11-6-4-3-5-7-11/h2-4,9-10H,1,5-8H2/b12-11+. The molecular weight excluding hydrogens is 170 g/mol. The fourth-order valence-electron chi connectivity index (χ4n) is 1.84. The first-order chi connectivity index (χ1) is 6.90. The summed E-state index contributed by atoms with van der Waals surface area (Å²) < 4.78 is 0. The topological polar surface area (TPSA) is 12.4 Å². The van der Waals surface area contributed by atoms with Crippen molar-refractivity contribution in [1.82, 2.24) is 0 Å². The molecule has 0 N–H and O–H groups in total. The predicted molar refractivity (Wildman–Crippen MR) is 61.4 cm³/mol. The van der Waals surface area contributed by atoms with Crippen LogP contribution < -0.4 is 0 Å². The van der Waals surface area contributed by atoms with Crippen molar-refractivity contribution in [1.29, 1.82) is 0 Å². The van der Waals surface area contributed by atoms with Crippen molar-refractivity contribution in [3.8, 4) is 0 Å². The number of allylic oxidation sites excluding steroid dienone is 6. The zero-order valence-electron chi connectivity index (χ0n) is 8.37. The summed E-state index contributed by atoms with van der Waals surface area (Å²) in [5.74, 6) is 0. The molecule has 14 heavy (non-hydrogen) atoms. The Morgan fingerprint density at radius 3 is 2.79 bits per heavy atom. The van der Waals surface area contributed by atoms with E-state index in [2.05, 4.69) is 29.8 Å². The van der Waals surface area contributed by atoms with E-state index >= 15 is 0 Å². The van der Waals surface area contributed by atoms with Crippen LogP contribution in [-0.2, 0) is 0 Å². The Bertz CT molecular complexity index is 353. The molecule has 0 spiro atoms. The van der Waals surface area contributed by atoms with Crippen LogP contribution in [0.2, 0.25) is 0 Å². The Hall–Kier alpha value is -1.37. The molecule has 1 heteroatoms. The van der Waals surface area contributed by atoms with Gasteiger partial charge >= 0.3 is 0 Å². The average Bonchev–Trinajstić information content (AvgIpc) is 2.30. The second kappa shape index (κ2) is 4.23. The number of hydrogen-bond donors (Lipinski definition) is 0. The van der Waals surface area contributed by atoms with Crippen molar-refractivity contribution in [2.24, 2.45) is 4.99 Å². The van der Waals surface area contributed by atoms with Crippen molar-refractivity contribution in [2.75, 3.05) is 0 Å². The summed E-state index contributed by atoms with van der Waals surface area (Å²) in [4.78, 5) is 4.34. The van der Waals surface area contributed by atoms with Crippen LogP contribution in [0, 0.1) is 0 Å². The average molecular weight is 185 g/mol. The molecular formula is C13H15N. The molecule has 2 rings (SSSR count). The molecule has 0 amide bonds. The molecule has 0 atom stereocenters. The molecule has 0 aromatic heterocycles.